The van der Waals surface area contributed by atoms with E-state index < -0.39 is 17.8 Å². The number of tetrazole rings is 1. The van der Waals surface area contributed by atoms with Crippen molar-refractivity contribution in [2.24, 2.45) is 12.2 Å². The topological polar surface area (TPSA) is 132 Å². The molecule has 1 amide bonds. The van der Waals surface area contributed by atoms with Gasteiger partial charge in [0.05, 0.1) is 5.56 Å². The number of carbonyl (C=O) groups is 1. The molecular weight excluding hydrogens is 469 g/mol. The Morgan fingerprint density at radius 2 is 2.06 bits per heavy atom. The molecule has 0 radical (unpaired) electrons. The third-order valence-electron chi connectivity index (χ3n) is 4.93. The summed E-state index contributed by atoms with van der Waals surface area (Å²) in [5.74, 6) is 0.382. The van der Waals surface area contributed by atoms with E-state index >= 15 is 0 Å². The van der Waals surface area contributed by atoms with E-state index in [1.54, 1.807) is 0 Å². The smallest absolute Gasteiger partial charge is 0.416 e. The molecule has 0 atom stereocenters. The predicted octanol–water partition coefficient (Wildman–Crippen LogP) is 3.58. The Morgan fingerprint density at radius 1 is 1.29 bits per heavy atom. The van der Waals surface area contributed by atoms with Crippen molar-refractivity contribution >= 4 is 17.6 Å². The van der Waals surface area contributed by atoms with Gasteiger partial charge in [0.1, 0.15) is 5.82 Å². The van der Waals surface area contributed by atoms with Crippen LogP contribution < -0.4 is 4.90 Å². The van der Waals surface area contributed by atoms with E-state index in [0.717, 1.165) is 17.4 Å². The van der Waals surface area contributed by atoms with Crippen molar-refractivity contribution in [1.29, 1.82) is 0 Å². The third-order valence-corrected chi connectivity index (χ3v) is 4.93. The van der Waals surface area contributed by atoms with Crippen molar-refractivity contribution in [3.63, 3.8) is 0 Å². The third kappa shape index (κ3) is 6.28. The van der Waals surface area contributed by atoms with Crippen molar-refractivity contribution in [3.8, 4) is 0 Å². The van der Waals surface area contributed by atoms with E-state index in [0.29, 0.717) is 6.42 Å². The number of halogens is 3. The van der Waals surface area contributed by atoms with Crippen LogP contribution in [0.25, 0.3) is 0 Å². The van der Waals surface area contributed by atoms with Gasteiger partial charge in [0.15, 0.2) is 18.1 Å². The largest absolute Gasteiger partial charge is 0.465 e. The number of rotatable bonds is 9. The molecule has 0 saturated heterocycles. The highest BCUT2D eigenvalue weighted by atomic mass is 19.4. The van der Waals surface area contributed by atoms with Gasteiger partial charge in [-0.05, 0) is 41.5 Å². The molecule has 11 nitrogen and oxygen atoms in total. The van der Waals surface area contributed by atoms with Crippen molar-refractivity contribution in [1.82, 2.24) is 30.2 Å². The highest BCUT2D eigenvalue weighted by Crippen LogP contribution is 2.32. The van der Waals surface area contributed by atoms with Gasteiger partial charge < -0.3 is 9.94 Å². The molecule has 0 unspecified atom stereocenters. The zero-order valence-electron chi connectivity index (χ0n) is 19.2. The Kier molecular flexibility index (Phi) is 7.94. The van der Waals surface area contributed by atoms with E-state index in [1.165, 1.54) is 43.0 Å². The van der Waals surface area contributed by atoms with Gasteiger partial charge in [0, 0.05) is 25.4 Å². The van der Waals surface area contributed by atoms with Gasteiger partial charge >= 0.3 is 12.3 Å². The van der Waals surface area contributed by atoms with Crippen LogP contribution in [-0.2, 0) is 24.7 Å². The minimum Gasteiger partial charge on any atom is -0.465 e. The number of aryl methyl sites for hydroxylation is 2. The molecule has 0 aliphatic carbocycles. The SMILES string of the molecule is CCCCN(C(=O)O)c1ccnc(CO/N=C(/c2ccc(C)c(C(F)(F)F)c2)c2nnnn2C)n1. The molecule has 35 heavy (non-hydrogen) atoms. The number of unbranched alkanes of at least 4 members (excludes halogenated alkanes) is 1. The quantitative estimate of drug-likeness (QED) is 0.354. The summed E-state index contributed by atoms with van der Waals surface area (Å²) in [6.07, 6.45) is -2.88. The lowest BCUT2D eigenvalue weighted by Crippen LogP contribution is -2.31. The summed E-state index contributed by atoms with van der Waals surface area (Å²) in [4.78, 5) is 26.3. The van der Waals surface area contributed by atoms with Crippen molar-refractivity contribution in [3.05, 3.63) is 58.8 Å². The van der Waals surface area contributed by atoms with E-state index in [9.17, 15) is 23.1 Å². The monoisotopic (exact) mass is 492 g/mol. The molecule has 1 N–H and O–H groups in total. The number of oxime groups is 1. The van der Waals surface area contributed by atoms with Crippen LogP contribution in [-0.4, -0.2) is 53.6 Å². The molecule has 14 heteroatoms. The molecule has 2 aromatic heterocycles. The highest BCUT2D eigenvalue weighted by molar-refractivity contribution is 6.10. The number of anilines is 1. The number of amides is 1. The van der Waals surface area contributed by atoms with E-state index in [4.69, 9.17) is 4.84 Å². The van der Waals surface area contributed by atoms with Crippen molar-refractivity contribution in [2.75, 3.05) is 11.4 Å². The first-order valence-electron chi connectivity index (χ1n) is 10.5. The zero-order valence-corrected chi connectivity index (χ0v) is 19.2. The number of alkyl halides is 3. The predicted molar refractivity (Wildman–Crippen MR) is 118 cm³/mol. The number of hydrogen-bond donors (Lipinski definition) is 1. The fourth-order valence-corrected chi connectivity index (χ4v) is 3.11. The van der Waals surface area contributed by atoms with Gasteiger partial charge in [-0.25, -0.2) is 19.4 Å². The van der Waals surface area contributed by atoms with Crippen molar-refractivity contribution < 1.29 is 27.9 Å². The number of aromatic nitrogens is 6. The van der Waals surface area contributed by atoms with Crippen molar-refractivity contribution in [2.45, 2.75) is 39.5 Å². The molecule has 186 valence electrons. The standard InChI is InChI=1S/C21H23F3N8O3/c1-4-5-10-32(20(33)34)17-8-9-25-16(26-17)12-35-28-18(19-27-29-30-31(19)3)14-7-6-13(2)15(11-14)21(22,23)24/h6-9,11H,4-5,10,12H2,1-3H3,(H,33,34)/b28-18-. The number of carboxylic acid groups (broad SMARTS) is 1. The van der Waals surface area contributed by atoms with Crippen LogP contribution in [0.5, 0.6) is 0 Å². The molecule has 0 bridgehead atoms. The Bertz CT molecular complexity index is 1210. The summed E-state index contributed by atoms with van der Waals surface area (Å²) in [6, 6.07) is 5.18. The maximum Gasteiger partial charge on any atom is 0.416 e. The molecule has 0 fully saturated rings. The normalized spacial score (nSPS) is 12.0. The lowest BCUT2D eigenvalue weighted by atomic mass is 10.0. The van der Waals surface area contributed by atoms with Crippen LogP contribution in [0.15, 0.2) is 35.6 Å². The fourth-order valence-electron chi connectivity index (χ4n) is 3.11. The van der Waals surface area contributed by atoms with Gasteiger partial charge in [-0.3, -0.25) is 4.90 Å². The highest BCUT2D eigenvalue weighted by Gasteiger charge is 2.33. The molecule has 3 rings (SSSR count). The molecule has 1 aromatic carbocycles. The Balaban J connectivity index is 1.90. The first kappa shape index (κ1) is 25.5. The Labute approximate surface area is 198 Å². The molecule has 0 aliphatic heterocycles. The maximum absolute atomic E-state index is 13.4. The van der Waals surface area contributed by atoms with Gasteiger partial charge in [-0.15, -0.1) is 5.10 Å². The Morgan fingerprint density at radius 3 is 2.69 bits per heavy atom. The number of benzene rings is 1. The minimum absolute atomic E-state index is 0.0331. The van der Waals surface area contributed by atoms with E-state index in [1.807, 2.05) is 6.92 Å². The second kappa shape index (κ2) is 10.9. The van der Waals surface area contributed by atoms with Gasteiger partial charge in [0.2, 0.25) is 5.82 Å². The van der Waals surface area contributed by atoms with Crippen LogP contribution in [0.2, 0.25) is 0 Å². The van der Waals surface area contributed by atoms with Gasteiger partial charge in [-0.2, -0.15) is 13.2 Å². The lowest BCUT2D eigenvalue weighted by molar-refractivity contribution is -0.138. The summed E-state index contributed by atoms with van der Waals surface area (Å²) >= 11 is 0. The molecule has 0 spiro atoms. The van der Waals surface area contributed by atoms with Crippen LogP contribution in [0.3, 0.4) is 0 Å². The Hall–Kier alpha value is -4.10. The first-order valence-corrected chi connectivity index (χ1v) is 10.5. The minimum atomic E-state index is -4.56. The second-order valence-corrected chi connectivity index (χ2v) is 7.49. The van der Waals surface area contributed by atoms with E-state index in [-0.39, 0.29) is 47.5 Å². The summed E-state index contributed by atoms with van der Waals surface area (Å²) in [6.45, 7) is 3.28. The fraction of sp³-hybridized carbons (Fsp3) is 0.381. The zero-order chi connectivity index (χ0) is 25.6. The van der Waals surface area contributed by atoms with Crippen LogP contribution in [0, 0.1) is 6.92 Å². The summed E-state index contributed by atoms with van der Waals surface area (Å²) in [5, 5.41) is 24.5. The average molecular weight is 492 g/mol. The van der Waals surface area contributed by atoms with Gasteiger partial charge in [-0.1, -0.05) is 30.6 Å². The summed E-state index contributed by atoms with van der Waals surface area (Å²) in [5.41, 5.74) is -0.718. The average Bonchev–Trinajstić information content (AvgIpc) is 3.22. The number of nitrogens with zero attached hydrogens (tertiary/aromatic N) is 8. The molecule has 0 saturated carbocycles. The summed E-state index contributed by atoms with van der Waals surface area (Å²) < 4.78 is 41.6. The summed E-state index contributed by atoms with van der Waals surface area (Å²) in [7, 11) is 1.51. The maximum atomic E-state index is 13.4. The van der Waals surface area contributed by atoms with Crippen LogP contribution in [0.4, 0.5) is 23.8 Å². The molecular formula is C21H23F3N8O3. The van der Waals surface area contributed by atoms with Crippen LogP contribution >= 0.6 is 0 Å². The molecule has 0 aliphatic rings. The van der Waals surface area contributed by atoms with Crippen LogP contribution in [0.1, 0.15) is 48.1 Å². The lowest BCUT2D eigenvalue weighted by Gasteiger charge is -2.18. The number of hydrogen-bond acceptors (Lipinski definition) is 8. The second-order valence-electron chi connectivity index (χ2n) is 7.49. The molecule has 2 heterocycles. The van der Waals surface area contributed by atoms with Gasteiger partial charge in [0.25, 0.3) is 0 Å². The first-order chi connectivity index (χ1) is 16.6. The molecule has 3 aromatic rings. The van der Waals surface area contributed by atoms with E-state index in [2.05, 4.69) is 30.6 Å².